The second-order valence-corrected chi connectivity index (χ2v) is 8.03. The van der Waals surface area contributed by atoms with E-state index >= 15 is 0 Å². The lowest BCUT2D eigenvalue weighted by Gasteiger charge is -2.44. The molecule has 4 rings (SSSR count). The summed E-state index contributed by atoms with van der Waals surface area (Å²) in [5, 5.41) is 0.520. The standard InChI is InChI=1S/C22H27N3O4/c26-20(25-13-5-7-15-6-1-4-10-18(15)25)14-29-21(27)12-11-19-23-17-9-3-2-8-16(17)22(28)24-19/h2-3,8-9,15,18H,1,4-7,10-14H2,(H,23,24,28)/t15-,18+/m0/s1. The summed E-state index contributed by atoms with van der Waals surface area (Å²) in [7, 11) is 0. The van der Waals surface area contributed by atoms with E-state index in [0.717, 1.165) is 19.4 Å². The van der Waals surface area contributed by atoms with Crippen LogP contribution in [0, 0.1) is 5.92 Å². The van der Waals surface area contributed by atoms with Gasteiger partial charge in [-0.1, -0.05) is 25.0 Å². The number of likely N-dealkylation sites (tertiary alicyclic amines) is 1. The van der Waals surface area contributed by atoms with Crippen LogP contribution in [0.1, 0.15) is 50.8 Å². The Labute approximate surface area is 169 Å². The van der Waals surface area contributed by atoms with Crippen LogP contribution in [0.25, 0.3) is 10.9 Å². The fourth-order valence-corrected chi connectivity index (χ4v) is 4.71. The van der Waals surface area contributed by atoms with E-state index in [9.17, 15) is 14.4 Å². The number of piperidine rings is 1. The zero-order valence-electron chi connectivity index (χ0n) is 16.6. The number of hydrogen-bond acceptors (Lipinski definition) is 5. The summed E-state index contributed by atoms with van der Waals surface area (Å²) < 4.78 is 5.23. The highest BCUT2D eigenvalue weighted by atomic mass is 16.5. The molecule has 2 aromatic rings. The van der Waals surface area contributed by atoms with E-state index in [4.69, 9.17) is 4.74 Å². The van der Waals surface area contributed by atoms with Gasteiger partial charge in [-0.25, -0.2) is 4.98 Å². The number of hydrogen-bond donors (Lipinski definition) is 1. The highest BCUT2D eigenvalue weighted by molar-refractivity contribution is 5.81. The molecule has 7 nitrogen and oxygen atoms in total. The summed E-state index contributed by atoms with van der Waals surface area (Å²) in [6, 6.07) is 7.39. The maximum atomic E-state index is 12.6. The number of rotatable bonds is 5. The molecular weight excluding hydrogens is 370 g/mol. The van der Waals surface area contributed by atoms with Gasteiger partial charge in [-0.05, 0) is 43.7 Å². The monoisotopic (exact) mass is 397 g/mol. The summed E-state index contributed by atoms with van der Waals surface area (Å²) in [5.74, 6) is 0.504. The Morgan fingerprint density at radius 1 is 1.14 bits per heavy atom. The van der Waals surface area contributed by atoms with E-state index in [1.165, 1.54) is 25.7 Å². The maximum absolute atomic E-state index is 12.6. The van der Waals surface area contributed by atoms with E-state index < -0.39 is 5.97 Å². The molecule has 0 unspecified atom stereocenters. The van der Waals surface area contributed by atoms with Gasteiger partial charge in [0.15, 0.2) is 6.61 Å². The van der Waals surface area contributed by atoms with Gasteiger partial charge in [0.25, 0.3) is 11.5 Å². The molecule has 2 fully saturated rings. The highest BCUT2D eigenvalue weighted by Gasteiger charge is 2.35. The topological polar surface area (TPSA) is 92.4 Å². The van der Waals surface area contributed by atoms with E-state index in [1.54, 1.807) is 18.2 Å². The third-order valence-corrected chi connectivity index (χ3v) is 6.15. The molecule has 29 heavy (non-hydrogen) atoms. The Morgan fingerprint density at radius 2 is 1.93 bits per heavy atom. The molecule has 1 saturated carbocycles. The molecule has 1 aliphatic heterocycles. The van der Waals surface area contributed by atoms with Crippen molar-refractivity contribution < 1.29 is 14.3 Å². The lowest BCUT2D eigenvalue weighted by molar-refractivity contribution is -0.154. The van der Waals surface area contributed by atoms with Crippen molar-refractivity contribution in [1.29, 1.82) is 0 Å². The molecule has 1 N–H and O–H groups in total. The lowest BCUT2D eigenvalue weighted by atomic mass is 9.78. The Balaban J connectivity index is 1.29. The zero-order chi connectivity index (χ0) is 20.2. The number of ether oxygens (including phenoxy) is 1. The van der Waals surface area contributed by atoms with Crippen LogP contribution < -0.4 is 5.56 Å². The van der Waals surface area contributed by atoms with Crippen molar-refractivity contribution in [3.8, 4) is 0 Å². The number of aromatic amines is 1. The number of carbonyl (C=O) groups excluding carboxylic acids is 2. The van der Waals surface area contributed by atoms with Crippen molar-refractivity contribution in [3.05, 3.63) is 40.4 Å². The zero-order valence-corrected chi connectivity index (χ0v) is 16.6. The number of nitrogens with zero attached hydrogens (tertiary/aromatic N) is 2. The van der Waals surface area contributed by atoms with Crippen molar-refractivity contribution in [1.82, 2.24) is 14.9 Å². The molecule has 2 aliphatic rings. The molecule has 1 saturated heterocycles. The van der Waals surface area contributed by atoms with Gasteiger partial charge in [0.1, 0.15) is 5.82 Å². The second-order valence-electron chi connectivity index (χ2n) is 8.03. The summed E-state index contributed by atoms with van der Waals surface area (Å²) in [6.07, 6.45) is 7.25. The Hall–Kier alpha value is -2.70. The van der Waals surface area contributed by atoms with Crippen LogP contribution in [-0.2, 0) is 20.7 Å². The quantitative estimate of drug-likeness (QED) is 0.783. The third kappa shape index (κ3) is 4.49. The van der Waals surface area contributed by atoms with Crippen LogP contribution in [0.15, 0.2) is 29.1 Å². The molecular formula is C22H27N3O4. The van der Waals surface area contributed by atoms with Gasteiger partial charge in [0, 0.05) is 19.0 Å². The first-order valence-electron chi connectivity index (χ1n) is 10.5. The molecule has 0 bridgehead atoms. The fourth-order valence-electron chi connectivity index (χ4n) is 4.71. The summed E-state index contributed by atoms with van der Waals surface area (Å²) in [6.45, 7) is 0.559. The predicted molar refractivity (Wildman–Crippen MR) is 108 cm³/mol. The average Bonchev–Trinajstić information content (AvgIpc) is 2.75. The van der Waals surface area contributed by atoms with Crippen molar-refractivity contribution in [3.63, 3.8) is 0 Å². The van der Waals surface area contributed by atoms with Crippen LogP contribution in [-0.4, -0.2) is 45.9 Å². The molecule has 2 atom stereocenters. The first-order valence-corrected chi connectivity index (χ1v) is 10.5. The third-order valence-electron chi connectivity index (χ3n) is 6.15. The molecule has 1 aromatic heterocycles. The summed E-state index contributed by atoms with van der Waals surface area (Å²) in [4.78, 5) is 45.8. The van der Waals surface area contributed by atoms with Gasteiger partial charge >= 0.3 is 5.97 Å². The van der Waals surface area contributed by atoms with Gasteiger partial charge in [-0.3, -0.25) is 14.4 Å². The number of carbonyl (C=O) groups is 2. The van der Waals surface area contributed by atoms with E-state index in [0.29, 0.717) is 28.7 Å². The number of aryl methyl sites for hydroxylation is 1. The first kappa shape index (κ1) is 19.6. The number of H-pyrrole nitrogens is 1. The van der Waals surface area contributed by atoms with Crippen LogP contribution >= 0.6 is 0 Å². The minimum Gasteiger partial charge on any atom is -0.456 e. The van der Waals surface area contributed by atoms with Crippen molar-refractivity contribution in [2.75, 3.05) is 13.2 Å². The number of benzene rings is 1. The molecule has 1 aromatic carbocycles. The Bertz CT molecular complexity index is 952. The lowest BCUT2D eigenvalue weighted by Crippen LogP contribution is -2.50. The molecule has 0 spiro atoms. The number of fused-ring (bicyclic) bond motifs is 2. The van der Waals surface area contributed by atoms with Gasteiger partial charge in [-0.15, -0.1) is 0 Å². The SMILES string of the molecule is O=C(CCc1nc2ccccc2c(=O)[nH]1)OCC(=O)N1CCC[C@@H]2CCCC[C@H]21. The van der Waals surface area contributed by atoms with Crippen molar-refractivity contribution in [2.24, 2.45) is 5.92 Å². The minimum absolute atomic E-state index is 0.0701. The summed E-state index contributed by atoms with van der Waals surface area (Å²) >= 11 is 0. The number of amides is 1. The van der Waals surface area contributed by atoms with Crippen LogP contribution in [0.3, 0.4) is 0 Å². The second kappa shape index (κ2) is 8.76. The molecule has 7 heteroatoms. The van der Waals surface area contributed by atoms with Crippen LogP contribution in [0.4, 0.5) is 0 Å². The van der Waals surface area contributed by atoms with Crippen LogP contribution in [0.2, 0.25) is 0 Å². The molecule has 1 aliphatic carbocycles. The first-order chi connectivity index (χ1) is 14.1. The maximum Gasteiger partial charge on any atom is 0.306 e. The Morgan fingerprint density at radius 3 is 2.83 bits per heavy atom. The van der Waals surface area contributed by atoms with E-state index in [2.05, 4.69) is 9.97 Å². The fraction of sp³-hybridized carbons (Fsp3) is 0.545. The molecule has 0 radical (unpaired) electrons. The minimum atomic E-state index is -0.452. The number of aromatic nitrogens is 2. The number of esters is 1. The van der Waals surface area contributed by atoms with Gasteiger partial charge in [0.2, 0.25) is 0 Å². The summed E-state index contributed by atoms with van der Waals surface area (Å²) in [5.41, 5.74) is 0.378. The molecule has 2 heterocycles. The van der Waals surface area contributed by atoms with Gasteiger partial charge in [-0.2, -0.15) is 0 Å². The van der Waals surface area contributed by atoms with E-state index in [1.807, 2.05) is 11.0 Å². The van der Waals surface area contributed by atoms with E-state index in [-0.39, 0.29) is 30.9 Å². The number of para-hydroxylation sites is 1. The predicted octanol–water partition coefficient (Wildman–Crippen LogP) is 2.58. The largest absolute Gasteiger partial charge is 0.456 e. The Kier molecular flexibility index (Phi) is 5.92. The van der Waals surface area contributed by atoms with Crippen molar-refractivity contribution in [2.45, 2.75) is 57.4 Å². The highest BCUT2D eigenvalue weighted by Crippen LogP contribution is 2.35. The van der Waals surface area contributed by atoms with Gasteiger partial charge < -0.3 is 14.6 Å². The van der Waals surface area contributed by atoms with Crippen LogP contribution in [0.5, 0.6) is 0 Å². The normalized spacial score (nSPS) is 21.6. The van der Waals surface area contributed by atoms with Gasteiger partial charge in [0.05, 0.1) is 17.3 Å². The van der Waals surface area contributed by atoms with Crippen molar-refractivity contribution >= 4 is 22.8 Å². The molecule has 154 valence electrons. The smallest absolute Gasteiger partial charge is 0.306 e. The molecule has 1 amide bonds. The number of nitrogens with one attached hydrogen (secondary N) is 1. The average molecular weight is 397 g/mol.